The SMILES string of the molecule is COC(=O)CC(c1cc(OC)c(OC(C)=O)c(OC)c1)c1oc(CN2CC3CC(C2)c2cccc(=O)n2C3)cc(=O)c1O. The molecule has 0 amide bonds. The second-order valence-corrected chi connectivity index (χ2v) is 10.9. The van der Waals surface area contributed by atoms with Gasteiger partial charge in [-0.05, 0) is 36.1 Å². The number of rotatable bonds is 9. The number of methoxy groups -OCH3 is 3. The Hall–Kier alpha value is -4.58. The third-order valence-corrected chi connectivity index (χ3v) is 7.98. The van der Waals surface area contributed by atoms with Crippen molar-refractivity contribution >= 4 is 11.9 Å². The summed E-state index contributed by atoms with van der Waals surface area (Å²) >= 11 is 0. The Morgan fingerprint density at radius 2 is 1.77 bits per heavy atom. The number of ether oxygens (including phenoxy) is 4. The van der Waals surface area contributed by atoms with Crippen molar-refractivity contribution in [2.75, 3.05) is 34.4 Å². The van der Waals surface area contributed by atoms with Crippen LogP contribution in [0.15, 0.2) is 50.4 Å². The third kappa shape index (κ3) is 6.14. The van der Waals surface area contributed by atoms with Gasteiger partial charge in [-0.15, -0.1) is 0 Å². The van der Waals surface area contributed by atoms with Gasteiger partial charge in [-0.25, -0.2) is 0 Å². The zero-order valence-corrected chi connectivity index (χ0v) is 24.5. The van der Waals surface area contributed by atoms with E-state index in [1.54, 1.807) is 12.1 Å². The molecule has 2 bridgehead atoms. The normalized spacial score (nSPS) is 18.3. The molecule has 0 aliphatic carbocycles. The van der Waals surface area contributed by atoms with Gasteiger partial charge < -0.3 is 33.0 Å². The number of hydrogen-bond donors (Lipinski definition) is 1. The van der Waals surface area contributed by atoms with Crippen LogP contribution in [0.4, 0.5) is 0 Å². The number of likely N-dealkylation sites (tertiary alicyclic amines) is 1. The molecule has 12 heteroatoms. The molecular formula is C31H34N2O10. The Bertz CT molecular complexity index is 1630. The summed E-state index contributed by atoms with van der Waals surface area (Å²) in [5.41, 5.74) is 0.732. The molecule has 0 radical (unpaired) electrons. The predicted octanol–water partition coefficient (Wildman–Crippen LogP) is 2.76. The van der Waals surface area contributed by atoms with E-state index in [4.69, 9.17) is 23.4 Å². The molecule has 43 heavy (non-hydrogen) atoms. The van der Waals surface area contributed by atoms with E-state index in [9.17, 15) is 24.3 Å². The minimum Gasteiger partial charge on any atom is -0.502 e. The van der Waals surface area contributed by atoms with E-state index in [0.29, 0.717) is 31.0 Å². The van der Waals surface area contributed by atoms with Crippen LogP contribution < -0.4 is 25.2 Å². The quantitative estimate of drug-likeness (QED) is 0.288. The van der Waals surface area contributed by atoms with Crippen molar-refractivity contribution < 1.29 is 38.1 Å². The van der Waals surface area contributed by atoms with E-state index in [1.165, 1.54) is 46.5 Å². The highest BCUT2D eigenvalue weighted by Crippen LogP contribution is 2.44. The fourth-order valence-corrected chi connectivity index (χ4v) is 6.17. The lowest BCUT2D eigenvalue weighted by atomic mass is 9.83. The number of esters is 2. The molecule has 0 saturated carbocycles. The van der Waals surface area contributed by atoms with Crippen LogP contribution in [-0.2, 0) is 27.4 Å². The van der Waals surface area contributed by atoms with Gasteiger partial charge in [-0.3, -0.25) is 24.1 Å². The van der Waals surface area contributed by atoms with Crippen LogP contribution in [0.5, 0.6) is 23.0 Å². The molecule has 1 saturated heterocycles. The molecule has 3 atom stereocenters. The number of fused-ring (bicyclic) bond motifs is 4. The molecule has 2 aromatic heterocycles. The topological polar surface area (TPSA) is 147 Å². The van der Waals surface area contributed by atoms with E-state index in [-0.39, 0.29) is 53.4 Å². The molecule has 1 N–H and O–H groups in total. The van der Waals surface area contributed by atoms with Gasteiger partial charge in [0.15, 0.2) is 17.3 Å². The van der Waals surface area contributed by atoms with Gasteiger partial charge in [-0.2, -0.15) is 0 Å². The summed E-state index contributed by atoms with van der Waals surface area (Å²) < 4.78 is 29.1. The Balaban J connectivity index is 1.51. The second-order valence-electron chi connectivity index (χ2n) is 10.9. The zero-order valence-electron chi connectivity index (χ0n) is 24.5. The Morgan fingerprint density at radius 3 is 2.42 bits per heavy atom. The molecule has 0 spiro atoms. The Morgan fingerprint density at radius 1 is 1.05 bits per heavy atom. The molecule has 2 aliphatic rings. The summed E-state index contributed by atoms with van der Waals surface area (Å²) in [4.78, 5) is 51.8. The standard InChI is InChI=1S/C31H34N2O10/c1-17(34)42-31-25(39-2)9-19(10-26(31)40-3)22(12-28(37)41-4)30-29(38)24(35)11-21(43-30)16-32-13-18-8-20(15-32)23-6-5-7-27(36)33(23)14-18/h5-7,9-11,18,20,22,38H,8,12-16H2,1-4H3. The lowest BCUT2D eigenvalue weighted by Crippen LogP contribution is -2.46. The van der Waals surface area contributed by atoms with Crippen LogP contribution in [0.2, 0.25) is 0 Å². The molecule has 2 aliphatic heterocycles. The molecule has 1 fully saturated rings. The number of piperidine rings is 1. The lowest BCUT2D eigenvalue weighted by Gasteiger charge is -2.42. The highest BCUT2D eigenvalue weighted by Gasteiger charge is 2.35. The zero-order chi connectivity index (χ0) is 30.8. The maximum absolute atomic E-state index is 13.0. The van der Waals surface area contributed by atoms with Crippen LogP contribution in [0.25, 0.3) is 0 Å². The van der Waals surface area contributed by atoms with Gasteiger partial charge in [0, 0.05) is 50.3 Å². The van der Waals surface area contributed by atoms with Gasteiger partial charge in [0.25, 0.3) is 5.56 Å². The van der Waals surface area contributed by atoms with Crippen LogP contribution in [0, 0.1) is 5.92 Å². The van der Waals surface area contributed by atoms with E-state index >= 15 is 0 Å². The molecule has 228 valence electrons. The number of pyridine rings is 1. The Kier molecular flexibility index (Phi) is 8.58. The number of carbonyl (C=O) groups excluding carboxylic acids is 2. The first kappa shape index (κ1) is 29.9. The summed E-state index contributed by atoms with van der Waals surface area (Å²) in [6.45, 7) is 3.52. The molecule has 1 aromatic carbocycles. The first-order chi connectivity index (χ1) is 20.6. The average molecular weight is 595 g/mol. The van der Waals surface area contributed by atoms with Crippen LogP contribution in [0.3, 0.4) is 0 Å². The smallest absolute Gasteiger partial charge is 0.308 e. The van der Waals surface area contributed by atoms with Gasteiger partial charge in [0.1, 0.15) is 5.76 Å². The number of carbonyl (C=O) groups is 2. The molecule has 3 unspecified atom stereocenters. The lowest BCUT2D eigenvalue weighted by molar-refractivity contribution is -0.141. The number of hydrogen-bond acceptors (Lipinski definition) is 11. The largest absolute Gasteiger partial charge is 0.502 e. The molecule has 3 aromatic rings. The van der Waals surface area contributed by atoms with Crippen molar-refractivity contribution in [3.8, 4) is 23.0 Å². The minimum absolute atomic E-state index is 0.000575. The maximum atomic E-state index is 13.0. The van der Waals surface area contributed by atoms with Crippen LogP contribution >= 0.6 is 0 Å². The first-order valence-electron chi connectivity index (χ1n) is 13.9. The summed E-state index contributed by atoms with van der Waals surface area (Å²) in [6, 6.07) is 9.63. The van der Waals surface area contributed by atoms with Gasteiger partial charge >= 0.3 is 11.9 Å². The molecule has 5 rings (SSSR count). The van der Waals surface area contributed by atoms with Crippen LogP contribution in [0.1, 0.15) is 54.4 Å². The first-order valence-corrected chi connectivity index (χ1v) is 13.9. The van der Waals surface area contributed by atoms with Crippen molar-refractivity contribution in [3.63, 3.8) is 0 Å². The third-order valence-electron chi connectivity index (χ3n) is 7.98. The van der Waals surface area contributed by atoms with Gasteiger partial charge in [0.2, 0.25) is 16.9 Å². The Labute approximate surface area is 247 Å². The van der Waals surface area contributed by atoms with E-state index < -0.39 is 29.0 Å². The number of nitrogens with zero attached hydrogens (tertiary/aromatic N) is 2. The van der Waals surface area contributed by atoms with E-state index in [2.05, 4.69) is 4.90 Å². The van der Waals surface area contributed by atoms with Crippen LogP contribution in [-0.4, -0.2) is 60.9 Å². The summed E-state index contributed by atoms with van der Waals surface area (Å²) in [5.74, 6) is -1.89. The van der Waals surface area contributed by atoms with Crippen molar-refractivity contribution in [3.05, 3.63) is 79.8 Å². The highest BCUT2D eigenvalue weighted by atomic mass is 16.6. The van der Waals surface area contributed by atoms with Crippen molar-refractivity contribution in [1.82, 2.24) is 9.47 Å². The summed E-state index contributed by atoms with van der Waals surface area (Å²) in [6.07, 6.45) is 0.689. The fraction of sp³-hybridized carbons (Fsp3) is 0.419. The van der Waals surface area contributed by atoms with Gasteiger partial charge in [0.05, 0.1) is 40.2 Å². The number of aromatic nitrogens is 1. The monoisotopic (exact) mass is 594 g/mol. The van der Waals surface area contributed by atoms with E-state index in [0.717, 1.165) is 12.1 Å². The van der Waals surface area contributed by atoms with Crippen molar-refractivity contribution in [1.29, 1.82) is 0 Å². The highest BCUT2D eigenvalue weighted by molar-refractivity contribution is 5.74. The average Bonchev–Trinajstić information content (AvgIpc) is 2.98. The molecule has 12 nitrogen and oxygen atoms in total. The van der Waals surface area contributed by atoms with Crippen molar-refractivity contribution in [2.24, 2.45) is 5.92 Å². The van der Waals surface area contributed by atoms with E-state index in [1.807, 2.05) is 10.6 Å². The fourth-order valence-electron chi connectivity index (χ4n) is 6.17. The molecule has 4 heterocycles. The minimum atomic E-state index is -0.978. The van der Waals surface area contributed by atoms with Gasteiger partial charge in [-0.1, -0.05) is 6.07 Å². The van der Waals surface area contributed by atoms with Crippen molar-refractivity contribution in [2.45, 2.75) is 44.7 Å². The number of aromatic hydroxyl groups is 1. The molecular weight excluding hydrogens is 560 g/mol. The second kappa shape index (κ2) is 12.3. The number of benzene rings is 1. The maximum Gasteiger partial charge on any atom is 0.308 e. The predicted molar refractivity (Wildman–Crippen MR) is 153 cm³/mol. The summed E-state index contributed by atoms with van der Waals surface area (Å²) in [5, 5.41) is 10.9. The summed E-state index contributed by atoms with van der Waals surface area (Å²) in [7, 11) is 3.99.